The number of nitrogens with zero attached hydrogens (tertiary/aromatic N) is 3. The van der Waals surface area contributed by atoms with E-state index in [1.54, 1.807) is 7.05 Å². The van der Waals surface area contributed by atoms with Crippen molar-refractivity contribution in [3.8, 4) is 0 Å². The van der Waals surface area contributed by atoms with E-state index in [1.807, 2.05) is 0 Å². The number of ether oxygens (including phenoxy) is 2. The van der Waals surface area contributed by atoms with Gasteiger partial charge in [0.1, 0.15) is 0 Å². The molecule has 2 N–H and O–H groups in total. The number of unbranched alkanes of at least 4 members (excludes halogenated alkanes) is 1. The monoisotopic (exact) mass is 357 g/mol. The van der Waals surface area contributed by atoms with Gasteiger partial charge in [0, 0.05) is 59.5 Å². The lowest BCUT2D eigenvalue weighted by Crippen LogP contribution is -2.49. The molecule has 0 aromatic rings. The number of aliphatic imine (C=N–C) groups is 1. The molecule has 0 radical (unpaired) electrons. The Hall–Kier alpha value is -0.890. The van der Waals surface area contributed by atoms with Gasteiger partial charge in [0.2, 0.25) is 0 Å². The van der Waals surface area contributed by atoms with Crippen molar-refractivity contribution in [1.82, 2.24) is 20.4 Å². The highest BCUT2D eigenvalue weighted by Crippen LogP contribution is 1.99. The van der Waals surface area contributed by atoms with Crippen LogP contribution in [0, 0.1) is 0 Å². The van der Waals surface area contributed by atoms with Crippen LogP contribution >= 0.6 is 0 Å². The van der Waals surface area contributed by atoms with E-state index >= 15 is 0 Å². The number of hydrogen-bond donors (Lipinski definition) is 2. The van der Waals surface area contributed by atoms with Crippen molar-refractivity contribution in [2.75, 3.05) is 85.8 Å². The van der Waals surface area contributed by atoms with Crippen LogP contribution in [0.15, 0.2) is 4.99 Å². The third-order valence-corrected chi connectivity index (χ3v) is 4.41. The summed E-state index contributed by atoms with van der Waals surface area (Å²) in [6.45, 7) is 15.8. The van der Waals surface area contributed by atoms with Crippen LogP contribution in [0.25, 0.3) is 0 Å². The lowest BCUT2D eigenvalue weighted by atomic mass is 10.3. The standard InChI is InChI=1S/C18H39N5O2/c1-4-6-14-24-16-17-25-15-8-21-18(19-3)20-7-9-23-12-10-22(5-2)11-13-23/h4-17H2,1-3H3,(H2,19,20,21). The van der Waals surface area contributed by atoms with Gasteiger partial charge in [0.05, 0.1) is 19.8 Å². The zero-order chi connectivity index (χ0) is 18.2. The molecule has 0 amide bonds. The molecule has 0 spiro atoms. The molecule has 0 bridgehead atoms. The molecule has 0 aromatic carbocycles. The predicted octanol–water partition coefficient (Wildman–Crippen LogP) is 0.622. The van der Waals surface area contributed by atoms with Crippen molar-refractivity contribution in [3.63, 3.8) is 0 Å². The van der Waals surface area contributed by atoms with E-state index in [-0.39, 0.29) is 0 Å². The van der Waals surface area contributed by atoms with Gasteiger partial charge < -0.3 is 25.0 Å². The number of hydrogen-bond acceptors (Lipinski definition) is 5. The highest BCUT2D eigenvalue weighted by atomic mass is 16.5. The van der Waals surface area contributed by atoms with Crippen molar-refractivity contribution in [1.29, 1.82) is 0 Å². The van der Waals surface area contributed by atoms with Gasteiger partial charge in [-0.2, -0.15) is 0 Å². The molecule has 0 aliphatic carbocycles. The molecule has 0 aromatic heterocycles. The number of rotatable bonds is 13. The third kappa shape index (κ3) is 11.4. The highest BCUT2D eigenvalue weighted by Gasteiger charge is 2.14. The minimum absolute atomic E-state index is 0.654. The first-order valence-electron chi connectivity index (χ1n) is 9.84. The van der Waals surface area contributed by atoms with Crippen molar-refractivity contribution in [2.45, 2.75) is 26.7 Å². The van der Waals surface area contributed by atoms with Gasteiger partial charge in [-0.1, -0.05) is 20.3 Å². The van der Waals surface area contributed by atoms with E-state index in [0.29, 0.717) is 19.8 Å². The second-order valence-electron chi connectivity index (χ2n) is 6.28. The van der Waals surface area contributed by atoms with E-state index in [1.165, 1.54) is 19.5 Å². The number of nitrogens with one attached hydrogen (secondary N) is 2. The summed E-state index contributed by atoms with van der Waals surface area (Å²) in [5.41, 5.74) is 0. The smallest absolute Gasteiger partial charge is 0.191 e. The van der Waals surface area contributed by atoms with Crippen molar-refractivity contribution in [3.05, 3.63) is 0 Å². The van der Waals surface area contributed by atoms with E-state index < -0.39 is 0 Å². The molecular weight excluding hydrogens is 318 g/mol. The molecule has 0 unspecified atom stereocenters. The Morgan fingerprint density at radius 2 is 1.52 bits per heavy atom. The molecule has 25 heavy (non-hydrogen) atoms. The Morgan fingerprint density at radius 3 is 2.16 bits per heavy atom. The minimum Gasteiger partial charge on any atom is -0.379 e. The highest BCUT2D eigenvalue weighted by molar-refractivity contribution is 5.79. The van der Waals surface area contributed by atoms with Gasteiger partial charge in [-0.25, -0.2) is 0 Å². The fourth-order valence-corrected chi connectivity index (χ4v) is 2.69. The maximum Gasteiger partial charge on any atom is 0.191 e. The average Bonchev–Trinajstić information content (AvgIpc) is 2.65. The summed E-state index contributed by atoms with van der Waals surface area (Å²) in [5, 5.41) is 6.65. The zero-order valence-electron chi connectivity index (χ0n) is 16.6. The van der Waals surface area contributed by atoms with Crippen molar-refractivity contribution in [2.24, 2.45) is 4.99 Å². The SMILES string of the molecule is CCCCOCCOCCNC(=NC)NCCN1CCN(CC)CC1. The third-order valence-electron chi connectivity index (χ3n) is 4.41. The number of likely N-dealkylation sites (N-methyl/N-ethyl adjacent to an activating group) is 1. The van der Waals surface area contributed by atoms with Gasteiger partial charge >= 0.3 is 0 Å². The molecule has 0 atom stereocenters. The van der Waals surface area contributed by atoms with Crippen LogP contribution in [-0.2, 0) is 9.47 Å². The van der Waals surface area contributed by atoms with Gasteiger partial charge in [-0.3, -0.25) is 9.89 Å². The zero-order valence-corrected chi connectivity index (χ0v) is 16.6. The molecular formula is C18H39N5O2. The summed E-state index contributed by atoms with van der Waals surface area (Å²) < 4.78 is 11.0. The fraction of sp³-hybridized carbons (Fsp3) is 0.944. The summed E-state index contributed by atoms with van der Waals surface area (Å²) in [7, 11) is 1.80. The summed E-state index contributed by atoms with van der Waals surface area (Å²) in [5.74, 6) is 0.843. The van der Waals surface area contributed by atoms with E-state index in [9.17, 15) is 0 Å². The molecule has 1 saturated heterocycles. The molecule has 148 valence electrons. The lowest BCUT2D eigenvalue weighted by Gasteiger charge is -2.34. The van der Waals surface area contributed by atoms with Crippen molar-refractivity contribution >= 4 is 5.96 Å². The Morgan fingerprint density at radius 1 is 0.880 bits per heavy atom. The van der Waals surface area contributed by atoms with E-state index in [0.717, 1.165) is 58.3 Å². The number of guanidine groups is 1. The molecule has 1 aliphatic heterocycles. The molecule has 1 fully saturated rings. The number of piperazine rings is 1. The van der Waals surface area contributed by atoms with Gasteiger partial charge in [-0.15, -0.1) is 0 Å². The van der Waals surface area contributed by atoms with Crippen LogP contribution in [0.4, 0.5) is 0 Å². The van der Waals surface area contributed by atoms with Crippen LogP contribution in [0.3, 0.4) is 0 Å². The quantitative estimate of drug-likeness (QED) is 0.286. The Bertz CT molecular complexity index is 333. The summed E-state index contributed by atoms with van der Waals surface area (Å²) >= 11 is 0. The summed E-state index contributed by atoms with van der Waals surface area (Å²) in [4.78, 5) is 9.26. The predicted molar refractivity (Wildman–Crippen MR) is 104 cm³/mol. The Balaban J connectivity index is 1.95. The largest absolute Gasteiger partial charge is 0.379 e. The van der Waals surface area contributed by atoms with Crippen LogP contribution in [-0.4, -0.2) is 102 Å². The second kappa shape index (κ2) is 15.4. The summed E-state index contributed by atoms with van der Waals surface area (Å²) in [6, 6.07) is 0. The van der Waals surface area contributed by atoms with Gasteiger partial charge in [0.15, 0.2) is 5.96 Å². The summed E-state index contributed by atoms with van der Waals surface area (Å²) in [6.07, 6.45) is 2.30. The normalized spacial score (nSPS) is 17.0. The topological polar surface area (TPSA) is 61.4 Å². The first-order valence-corrected chi connectivity index (χ1v) is 9.84. The van der Waals surface area contributed by atoms with Gasteiger partial charge in [0.25, 0.3) is 0 Å². The Labute approximate surface area is 154 Å². The van der Waals surface area contributed by atoms with Crippen LogP contribution in [0.5, 0.6) is 0 Å². The van der Waals surface area contributed by atoms with Gasteiger partial charge in [-0.05, 0) is 13.0 Å². The van der Waals surface area contributed by atoms with Crippen LogP contribution in [0.1, 0.15) is 26.7 Å². The minimum atomic E-state index is 0.654. The average molecular weight is 358 g/mol. The molecule has 1 heterocycles. The maximum absolute atomic E-state index is 5.55. The molecule has 7 heteroatoms. The Kier molecular flexibility index (Phi) is 13.6. The van der Waals surface area contributed by atoms with Crippen molar-refractivity contribution < 1.29 is 9.47 Å². The molecule has 1 rings (SSSR count). The molecule has 0 saturated carbocycles. The van der Waals surface area contributed by atoms with Crippen LogP contribution < -0.4 is 10.6 Å². The van der Waals surface area contributed by atoms with E-state index in [4.69, 9.17) is 9.47 Å². The fourth-order valence-electron chi connectivity index (χ4n) is 2.69. The lowest BCUT2D eigenvalue weighted by molar-refractivity contribution is 0.0487. The first kappa shape index (κ1) is 22.2. The molecule has 1 aliphatic rings. The first-order chi connectivity index (χ1) is 12.3. The van der Waals surface area contributed by atoms with Crippen LogP contribution in [0.2, 0.25) is 0 Å². The molecule has 7 nitrogen and oxygen atoms in total. The maximum atomic E-state index is 5.55. The second-order valence-corrected chi connectivity index (χ2v) is 6.28. The van der Waals surface area contributed by atoms with E-state index in [2.05, 4.69) is 39.3 Å².